The highest BCUT2D eigenvalue weighted by molar-refractivity contribution is 5.70. The monoisotopic (exact) mass is 642 g/mol. The molecule has 0 spiro atoms. The molecule has 4 rings (SSSR count). The van der Waals surface area contributed by atoms with Gasteiger partial charge in [0.05, 0.1) is 13.2 Å². The van der Waals surface area contributed by atoms with Crippen LogP contribution in [0.1, 0.15) is 61.6 Å². The van der Waals surface area contributed by atoms with Crippen molar-refractivity contribution in [3.05, 3.63) is 102 Å². The summed E-state index contributed by atoms with van der Waals surface area (Å²) >= 11 is 0. The molecule has 248 valence electrons. The van der Waals surface area contributed by atoms with Crippen LogP contribution < -0.4 is 14.2 Å². The number of ether oxygens (including phenoxy) is 3. The average Bonchev–Trinajstić information content (AvgIpc) is 3.06. The predicted molar refractivity (Wildman–Crippen MR) is 178 cm³/mol. The average molecular weight is 643 g/mol. The van der Waals surface area contributed by atoms with Gasteiger partial charge in [0.2, 0.25) is 0 Å². The van der Waals surface area contributed by atoms with Crippen molar-refractivity contribution in [1.82, 2.24) is 0 Å². The first-order valence-electron chi connectivity index (χ1n) is 15.9. The van der Waals surface area contributed by atoms with E-state index in [-0.39, 0.29) is 30.9 Å². The first-order chi connectivity index (χ1) is 22.8. The van der Waals surface area contributed by atoms with Crippen molar-refractivity contribution in [2.75, 3.05) is 13.2 Å². The third-order valence-corrected chi connectivity index (χ3v) is 7.66. The molecule has 0 aliphatic carbocycles. The lowest BCUT2D eigenvalue weighted by Gasteiger charge is -2.15. The Bertz CT molecular complexity index is 1600. The van der Waals surface area contributed by atoms with Gasteiger partial charge in [0.25, 0.3) is 0 Å². The van der Waals surface area contributed by atoms with Gasteiger partial charge in [-0.1, -0.05) is 61.4 Å². The number of hydrogen-bond acceptors (Lipinski definition) is 7. The number of aliphatic carboxylic acids is 2. The van der Waals surface area contributed by atoms with Gasteiger partial charge in [-0.2, -0.15) is 0 Å². The minimum atomic E-state index is -0.877. The maximum absolute atomic E-state index is 11.3. The second-order valence-corrected chi connectivity index (χ2v) is 11.3. The summed E-state index contributed by atoms with van der Waals surface area (Å²) in [5.74, 6) is -0.253. The summed E-state index contributed by atoms with van der Waals surface area (Å²) in [6, 6.07) is 25.9. The summed E-state index contributed by atoms with van der Waals surface area (Å²) in [6.45, 7) is 1.16. The Hall–Kier alpha value is -5.18. The van der Waals surface area contributed by atoms with Gasteiger partial charge in [0.15, 0.2) is 11.5 Å². The van der Waals surface area contributed by atoms with Crippen LogP contribution in [0.3, 0.4) is 0 Å². The fourth-order valence-corrected chi connectivity index (χ4v) is 5.21. The zero-order valence-electron chi connectivity index (χ0n) is 26.4. The predicted octanol–water partition coefficient (Wildman–Crippen LogP) is 7.79. The number of phenols is 2. The summed E-state index contributed by atoms with van der Waals surface area (Å²) in [7, 11) is 0. The van der Waals surface area contributed by atoms with E-state index in [1.807, 2.05) is 66.7 Å². The zero-order valence-corrected chi connectivity index (χ0v) is 26.4. The smallest absolute Gasteiger partial charge is 0.303 e. The normalized spacial score (nSPS) is 10.8. The molecule has 0 unspecified atom stereocenters. The molecule has 4 N–H and O–H groups in total. The fourth-order valence-electron chi connectivity index (χ4n) is 5.21. The lowest BCUT2D eigenvalue weighted by molar-refractivity contribution is -0.138. The number of hydrogen-bond donors (Lipinski definition) is 4. The van der Waals surface area contributed by atoms with E-state index >= 15 is 0 Å². The SMILES string of the molecule is O=C(O)CCCOc1cccc(CCCCCCOc2cc(OCc3ccccc3)cc(-c3ccc(O)c(O)c3)c2)c1CCC(=O)O. The Morgan fingerprint density at radius 3 is 2.04 bits per heavy atom. The first-order valence-corrected chi connectivity index (χ1v) is 15.9. The van der Waals surface area contributed by atoms with E-state index in [1.54, 1.807) is 6.07 Å². The van der Waals surface area contributed by atoms with Gasteiger partial charge in [0.1, 0.15) is 23.9 Å². The van der Waals surface area contributed by atoms with Crippen molar-refractivity contribution in [2.24, 2.45) is 0 Å². The Kier molecular flexibility index (Phi) is 13.3. The lowest BCUT2D eigenvalue weighted by Crippen LogP contribution is -2.07. The van der Waals surface area contributed by atoms with Crippen LogP contribution in [-0.2, 0) is 29.0 Å². The van der Waals surface area contributed by atoms with Crippen molar-refractivity contribution >= 4 is 11.9 Å². The van der Waals surface area contributed by atoms with Gasteiger partial charge < -0.3 is 34.6 Å². The van der Waals surface area contributed by atoms with E-state index in [9.17, 15) is 24.9 Å². The maximum atomic E-state index is 11.3. The second-order valence-electron chi connectivity index (χ2n) is 11.3. The van der Waals surface area contributed by atoms with E-state index in [0.717, 1.165) is 54.4 Å². The molecule has 4 aromatic carbocycles. The van der Waals surface area contributed by atoms with Crippen molar-refractivity contribution < 1.29 is 44.2 Å². The van der Waals surface area contributed by atoms with Crippen LogP contribution >= 0.6 is 0 Å². The fraction of sp³-hybridized carbons (Fsp3) is 0.316. The van der Waals surface area contributed by atoms with Crippen LogP contribution in [0, 0.1) is 0 Å². The van der Waals surface area contributed by atoms with Gasteiger partial charge in [-0.15, -0.1) is 0 Å². The highest BCUT2D eigenvalue weighted by atomic mass is 16.5. The number of rotatable bonds is 20. The number of benzene rings is 4. The highest BCUT2D eigenvalue weighted by Crippen LogP contribution is 2.35. The third-order valence-electron chi connectivity index (χ3n) is 7.66. The number of phenolic OH excluding ortho intramolecular Hbond substituents is 2. The second kappa shape index (κ2) is 18.1. The third kappa shape index (κ3) is 11.6. The number of carbonyl (C=O) groups is 2. The first kappa shape index (κ1) is 34.7. The summed E-state index contributed by atoms with van der Waals surface area (Å²) in [5.41, 5.74) is 4.46. The lowest BCUT2D eigenvalue weighted by atomic mass is 9.97. The minimum Gasteiger partial charge on any atom is -0.504 e. The van der Waals surface area contributed by atoms with Crippen molar-refractivity contribution in [2.45, 2.75) is 64.4 Å². The summed E-state index contributed by atoms with van der Waals surface area (Å²) in [5, 5.41) is 37.9. The number of carboxylic acids is 2. The number of aryl methyl sites for hydroxylation is 1. The molecule has 9 heteroatoms. The minimum absolute atomic E-state index is 0.00600. The summed E-state index contributed by atoms with van der Waals surface area (Å²) in [4.78, 5) is 22.1. The van der Waals surface area contributed by atoms with Crippen LogP contribution in [0.15, 0.2) is 84.9 Å². The molecule has 4 aromatic rings. The van der Waals surface area contributed by atoms with Crippen LogP contribution in [0.25, 0.3) is 11.1 Å². The molecule has 0 bridgehead atoms. The van der Waals surface area contributed by atoms with Crippen LogP contribution in [0.5, 0.6) is 28.7 Å². The molecule has 0 heterocycles. The molecule has 0 fully saturated rings. The molecule has 0 aliphatic heterocycles. The molecule has 9 nitrogen and oxygen atoms in total. The van der Waals surface area contributed by atoms with Gasteiger partial charge in [-0.05, 0) is 90.3 Å². The molecular weight excluding hydrogens is 600 g/mol. The molecule has 0 radical (unpaired) electrons. The van der Waals surface area contributed by atoms with Crippen LogP contribution in [0.4, 0.5) is 0 Å². The molecular formula is C38H42O9. The van der Waals surface area contributed by atoms with Crippen molar-refractivity contribution in [3.8, 4) is 39.9 Å². The molecule has 0 atom stereocenters. The standard InChI is InChI=1S/C38H42O9/c39-34-18-16-29(24-35(34)40)30-22-31(25-32(23-30)47-26-27-10-4-3-5-11-27)45-20-7-2-1-6-12-28-13-8-14-36(33(28)17-19-38(43)44)46-21-9-15-37(41)42/h3-5,8,10-11,13-14,16,18,22-25,39-40H,1-2,6-7,9,12,15,17,19-21,26H2,(H,41,42)(H,43,44). The van der Waals surface area contributed by atoms with E-state index in [4.69, 9.17) is 19.3 Å². The number of unbranched alkanes of at least 4 members (excludes halogenated alkanes) is 3. The Morgan fingerprint density at radius 1 is 0.574 bits per heavy atom. The van der Waals surface area contributed by atoms with E-state index in [0.29, 0.717) is 48.9 Å². The summed E-state index contributed by atoms with van der Waals surface area (Å²) in [6.07, 6.45) is 5.19. The maximum Gasteiger partial charge on any atom is 0.303 e. The molecule has 47 heavy (non-hydrogen) atoms. The Morgan fingerprint density at radius 2 is 1.30 bits per heavy atom. The molecule has 0 aromatic heterocycles. The van der Waals surface area contributed by atoms with Gasteiger partial charge in [-0.3, -0.25) is 9.59 Å². The number of carboxylic acid groups (broad SMARTS) is 2. The molecule has 0 saturated heterocycles. The van der Waals surface area contributed by atoms with Crippen molar-refractivity contribution in [3.63, 3.8) is 0 Å². The Labute approximate surface area is 275 Å². The molecule has 0 aliphatic rings. The van der Waals surface area contributed by atoms with Crippen LogP contribution in [-0.4, -0.2) is 45.6 Å². The molecule has 0 amide bonds. The zero-order chi connectivity index (χ0) is 33.4. The topological polar surface area (TPSA) is 143 Å². The largest absolute Gasteiger partial charge is 0.504 e. The van der Waals surface area contributed by atoms with E-state index in [2.05, 4.69) is 0 Å². The van der Waals surface area contributed by atoms with Gasteiger partial charge in [0, 0.05) is 18.9 Å². The van der Waals surface area contributed by atoms with Crippen molar-refractivity contribution in [1.29, 1.82) is 0 Å². The van der Waals surface area contributed by atoms with Crippen LogP contribution in [0.2, 0.25) is 0 Å². The highest BCUT2D eigenvalue weighted by Gasteiger charge is 2.13. The number of aromatic hydroxyl groups is 2. The Balaban J connectivity index is 1.31. The van der Waals surface area contributed by atoms with E-state index < -0.39 is 11.9 Å². The quantitative estimate of drug-likeness (QED) is 0.0561. The van der Waals surface area contributed by atoms with Gasteiger partial charge >= 0.3 is 11.9 Å². The summed E-state index contributed by atoms with van der Waals surface area (Å²) < 4.78 is 18.1. The van der Waals surface area contributed by atoms with Gasteiger partial charge in [-0.25, -0.2) is 0 Å². The van der Waals surface area contributed by atoms with E-state index in [1.165, 1.54) is 12.1 Å². The molecule has 0 saturated carbocycles.